The molecule has 1 heterocycles. The molecule has 0 saturated heterocycles. The van der Waals surface area contributed by atoms with Crippen LogP contribution in [0.4, 0.5) is 0 Å². The van der Waals surface area contributed by atoms with Crippen LogP contribution in [-0.4, -0.2) is 44.4 Å². The van der Waals surface area contributed by atoms with Gasteiger partial charge in [0.15, 0.2) is 17.2 Å². The van der Waals surface area contributed by atoms with Crippen molar-refractivity contribution in [3.8, 4) is 34.1 Å². The van der Waals surface area contributed by atoms with E-state index in [1.54, 1.807) is 12.1 Å². The van der Waals surface area contributed by atoms with E-state index in [0.717, 1.165) is 33.2 Å². The third kappa shape index (κ3) is 6.59. The summed E-state index contributed by atoms with van der Waals surface area (Å²) in [7, 11) is 4.40. The van der Waals surface area contributed by atoms with Gasteiger partial charge in [-0.1, -0.05) is 57.9 Å². The number of carbonyl (C=O) groups is 2. The van der Waals surface area contributed by atoms with Gasteiger partial charge >= 0.3 is 5.97 Å². The Balaban J connectivity index is 1.46. The Labute approximate surface area is 276 Å². The topological polar surface area (TPSA) is 111 Å². The Kier molecular flexibility index (Phi) is 9.60. The molecular weight excluding hydrogens is 706 g/mol. The van der Waals surface area contributed by atoms with E-state index in [1.165, 1.54) is 39.7 Å². The lowest BCUT2D eigenvalue weighted by Crippen LogP contribution is -2.19. The Hall–Kier alpha value is -4.61. The largest absolute Gasteiger partial charge is 0.493 e. The van der Waals surface area contributed by atoms with Crippen molar-refractivity contribution in [2.75, 3.05) is 21.3 Å². The molecule has 0 aliphatic heterocycles. The Morgan fingerprint density at radius 1 is 0.867 bits per heavy atom. The second-order valence-corrected chi connectivity index (χ2v) is 11.8. The molecule has 0 fully saturated rings. The number of amides is 1. The minimum Gasteiger partial charge on any atom is -0.493 e. The summed E-state index contributed by atoms with van der Waals surface area (Å²) >= 11 is 6.94. The molecule has 0 unspecified atom stereocenters. The smallest absolute Gasteiger partial charge is 0.343 e. The van der Waals surface area contributed by atoms with Crippen LogP contribution in [0, 0.1) is 13.8 Å². The van der Waals surface area contributed by atoms with Crippen molar-refractivity contribution in [2.45, 2.75) is 13.8 Å². The Bertz CT molecular complexity index is 1930. The number of benzene rings is 4. The molecule has 0 spiro atoms. The fourth-order valence-corrected chi connectivity index (χ4v) is 6.42. The average Bonchev–Trinajstić information content (AvgIpc) is 3.42. The summed E-state index contributed by atoms with van der Waals surface area (Å²) in [5, 5.41) is 5.18. The minimum atomic E-state index is -0.674. The van der Waals surface area contributed by atoms with Crippen molar-refractivity contribution in [3.05, 3.63) is 104 Å². The molecule has 45 heavy (non-hydrogen) atoms. The summed E-state index contributed by atoms with van der Waals surface area (Å²) in [5.41, 5.74) is 8.30. The van der Waals surface area contributed by atoms with Gasteiger partial charge in [0.1, 0.15) is 5.69 Å². The zero-order valence-corrected chi connectivity index (χ0v) is 28.3. The lowest BCUT2D eigenvalue weighted by atomic mass is 9.99. The van der Waals surface area contributed by atoms with E-state index < -0.39 is 11.9 Å². The number of aryl methyl sites for hydroxylation is 2. The van der Waals surface area contributed by atoms with Crippen molar-refractivity contribution in [3.63, 3.8) is 0 Å². The summed E-state index contributed by atoms with van der Waals surface area (Å²) in [6.07, 6.45) is 1.41. The number of fused-ring (bicyclic) bond motifs is 1. The number of methoxy groups -OCH3 is 3. The third-order valence-electron chi connectivity index (χ3n) is 7.04. The molecule has 2 N–H and O–H groups in total. The van der Waals surface area contributed by atoms with Crippen LogP contribution < -0.4 is 24.4 Å². The van der Waals surface area contributed by atoms with Crippen LogP contribution in [0.5, 0.6) is 23.0 Å². The molecule has 1 amide bonds. The zero-order chi connectivity index (χ0) is 32.2. The number of hydrazone groups is 1. The molecule has 0 aliphatic carbocycles. The van der Waals surface area contributed by atoms with Gasteiger partial charge in [0.2, 0.25) is 5.75 Å². The predicted octanol–water partition coefficient (Wildman–Crippen LogP) is 7.99. The Morgan fingerprint density at radius 2 is 1.56 bits per heavy atom. The quantitative estimate of drug-likeness (QED) is 0.0688. The maximum absolute atomic E-state index is 13.6. The molecule has 230 valence electrons. The van der Waals surface area contributed by atoms with E-state index in [1.807, 2.05) is 44.2 Å². The predicted molar refractivity (Wildman–Crippen MR) is 181 cm³/mol. The van der Waals surface area contributed by atoms with E-state index >= 15 is 0 Å². The van der Waals surface area contributed by atoms with E-state index in [9.17, 15) is 9.59 Å². The van der Waals surface area contributed by atoms with Crippen LogP contribution in [0.2, 0.25) is 0 Å². The number of aromatic amines is 1. The molecule has 0 bridgehead atoms. The number of halogens is 2. The number of carbonyl (C=O) groups excluding carboxylic acids is 2. The summed E-state index contributed by atoms with van der Waals surface area (Å²) in [6.45, 7) is 4.03. The number of aromatic nitrogens is 1. The van der Waals surface area contributed by atoms with Crippen molar-refractivity contribution in [1.29, 1.82) is 0 Å². The van der Waals surface area contributed by atoms with Crippen molar-refractivity contribution < 1.29 is 28.5 Å². The molecule has 4 aromatic carbocycles. The monoisotopic (exact) mass is 733 g/mol. The zero-order valence-electron chi connectivity index (χ0n) is 25.1. The van der Waals surface area contributed by atoms with Crippen LogP contribution in [0.3, 0.4) is 0 Å². The molecule has 1 aromatic heterocycles. The van der Waals surface area contributed by atoms with E-state index in [2.05, 4.69) is 59.5 Å². The average molecular weight is 735 g/mol. The van der Waals surface area contributed by atoms with Crippen molar-refractivity contribution in [2.24, 2.45) is 5.10 Å². The highest BCUT2D eigenvalue weighted by Crippen LogP contribution is 2.39. The Morgan fingerprint density at radius 3 is 2.20 bits per heavy atom. The maximum atomic E-state index is 13.6. The van der Waals surface area contributed by atoms with Gasteiger partial charge in [-0.05, 0) is 71.2 Å². The highest BCUT2D eigenvalue weighted by atomic mass is 79.9. The summed E-state index contributed by atoms with van der Waals surface area (Å²) in [4.78, 5) is 30.2. The molecule has 5 rings (SSSR count). The van der Waals surface area contributed by atoms with Gasteiger partial charge in [0.05, 0.1) is 37.6 Å². The maximum Gasteiger partial charge on any atom is 0.343 e. The van der Waals surface area contributed by atoms with Crippen LogP contribution in [0.25, 0.3) is 22.0 Å². The number of H-pyrrole nitrogens is 1. The number of rotatable bonds is 9. The van der Waals surface area contributed by atoms with Gasteiger partial charge < -0.3 is 23.9 Å². The van der Waals surface area contributed by atoms with Gasteiger partial charge in [-0.3, -0.25) is 4.79 Å². The van der Waals surface area contributed by atoms with E-state index in [-0.39, 0.29) is 11.3 Å². The van der Waals surface area contributed by atoms with Crippen molar-refractivity contribution in [1.82, 2.24) is 10.4 Å². The summed E-state index contributed by atoms with van der Waals surface area (Å²) < 4.78 is 23.1. The van der Waals surface area contributed by atoms with Gasteiger partial charge in [0, 0.05) is 26.5 Å². The van der Waals surface area contributed by atoms with Crippen LogP contribution in [-0.2, 0) is 0 Å². The number of ether oxygens (including phenoxy) is 4. The first-order valence-corrected chi connectivity index (χ1v) is 15.3. The molecule has 5 aromatic rings. The van der Waals surface area contributed by atoms with E-state index in [0.29, 0.717) is 37.5 Å². The highest BCUT2D eigenvalue weighted by molar-refractivity contribution is 9.11. The SMILES string of the molecule is COc1cc(C(=O)Oc2c(Br)cc(Br)cc2C=NNC(=O)c2[nH]c3c(C)cc(C)cc3c2-c2ccccc2)cc(OC)c1OC. The lowest BCUT2D eigenvalue weighted by molar-refractivity contribution is 0.0732. The lowest BCUT2D eigenvalue weighted by Gasteiger charge is -2.15. The number of esters is 1. The van der Waals surface area contributed by atoms with Crippen molar-refractivity contribution >= 4 is 60.9 Å². The van der Waals surface area contributed by atoms with Gasteiger partial charge in [0.25, 0.3) is 5.91 Å². The summed E-state index contributed by atoms with van der Waals surface area (Å²) in [6, 6.07) is 20.3. The fraction of sp³-hybridized carbons (Fsp3) is 0.147. The van der Waals surface area contributed by atoms with Gasteiger partial charge in [-0.25, -0.2) is 10.2 Å². The van der Waals surface area contributed by atoms with Crippen LogP contribution >= 0.6 is 31.9 Å². The molecule has 0 saturated carbocycles. The number of hydrogen-bond acceptors (Lipinski definition) is 7. The van der Waals surface area contributed by atoms with Gasteiger partial charge in [-0.2, -0.15) is 5.10 Å². The molecule has 9 nitrogen and oxygen atoms in total. The fourth-order valence-electron chi connectivity index (χ4n) is 5.08. The number of nitrogens with one attached hydrogen (secondary N) is 2. The highest BCUT2D eigenvalue weighted by Gasteiger charge is 2.22. The number of nitrogens with zero attached hydrogens (tertiary/aromatic N) is 1. The molecule has 0 radical (unpaired) electrons. The van der Waals surface area contributed by atoms with E-state index in [4.69, 9.17) is 18.9 Å². The second kappa shape index (κ2) is 13.6. The first kappa shape index (κ1) is 31.8. The molecule has 0 atom stereocenters. The number of hydrogen-bond donors (Lipinski definition) is 2. The minimum absolute atomic E-state index is 0.174. The molecular formula is C34H29Br2N3O6. The normalized spacial score (nSPS) is 11.1. The molecule has 0 aliphatic rings. The summed E-state index contributed by atoms with van der Waals surface area (Å²) in [5.74, 6) is 0.0496. The van der Waals surface area contributed by atoms with Crippen LogP contribution in [0.1, 0.15) is 37.5 Å². The van der Waals surface area contributed by atoms with Crippen LogP contribution in [0.15, 0.2) is 80.8 Å². The standard InChI is InChI=1S/C34H29Br2N3O6/c1-18-11-19(2)29-24(12-18)28(20-9-7-6-8-10-20)30(38-29)33(40)39-37-17-22-13-23(35)16-25(36)31(22)45-34(41)21-14-26(42-3)32(44-5)27(15-21)43-4/h6-17,38H,1-5H3,(H,39,40). The second-order valence-electron chi connectivity index (χ2n) is 10.1. The first-order chi connectivity index (χ1) is 21.6. The van der Waals surface area contributed by atoms with Gasteiger partial charge in [-0.15, -0.1) is 0 Å². The third-order valence-corrected chi connectivity index (χ3v) is 8.09. The molecule has 11 heteroatoms. The first-order valence-electron chi connectivity index (χ1n) is 13.7.